The number of carbonyl (C=O) groups is 3. The number of anilines is 1. The number of nitrogens with zero attached hydrogens (tertiary/aromatic N) is 1. The number of fused-ring (bicyclic) bond motifs is 1. The predicted molar refractivity (Wildman–Crippen MR) is 118 cm³/mol. The maximum absolute atomic E-state index is 12.6. The Bertz CT molecular complexity index is 764. The Morgan fingerprint density at radius 3 is 2.29 bits per heavy atom. The van der Waals surface area contributed by atoms with E-state index in [1.165, 1.54) is 43.4 Å². The summed E-state index contributed by atoms with van der Waals surface area (Å²) in [6, 6.07) is 4.39. The van der Waals surface area contributed by atoms with Gasteiger partial charge in [-0.15, -0.1) is 0 Å². The minimum absolute atomic E-state index is 0.181. The highest BCUT2D eigenvalue weighted by molar-refractivity contribution is 6.04. The quantitative estimate of drug-likeness (QED) is 0.706. The summed E-state index contributed by atoms with van der Waals surface area (Å²) in [4.78, 5) is 37.3. The first-order valence-electron chi connectivity index (χ1n) is 11.6. The average Bonchev–Trinajstić information content (AvgIpc) is 3.17. The Morgan fingerprint density at radius 2 is 1.61 bits per heavy atom. The maximum Gasteiger partial charge on any atom is 0.327 e. The third-order valence-corrected chi connectivity index (χ3v) is 6.10. The van der Waals surface area contributed by atoms with Crippen molar-refractivity contribution < 1.29 is 24.2 Å². The van der Waals surface area contributed by atoms with Crippen LogP contribution in [0, 0.1) is 0 Å². The first kappa shape index (κ1) is 23.1. The molecule has 170 valence electrons. The zero-order valence-corrected chi connectivity index (χ0v) is 18.2. The number of amides is 2. The summed E-state index contributed by atoms with van der Waals surface area (Å²) in [6.07, 6.45) is 13.2. The molecule has 0 saturated heterocycles. The number of carbonyl (C=O) groups excluding carboxylic acids is 2. The standard InChI is InChI=1S/C18H22N2O5.C6H12/c21-16-5-3-1-2-4-8-25-13-7-6-12-9-15(18(23)24)20(14(12)10-13)17(22)11-19-16;1-2-4-6-5-3-1/h6-7,10,15H,1-5,8-9,11H2,(H,19,21)(H,23,24);1-6H2. The summed E-state index contributed by atoms with van der Waals surface area (Å²) in [5.41, 5.74) is 1.35. The lowest BCUT2D eigenvalue weighted by molar-refractivity contribution is -0.139. The van der Waals surface area contributed by atoms with E-state index in [-0.39, 0.29) is 18.9 Å². The molecule has 2 aliphatic heterocycles. The van der Waals surface area contributed by atoms with Crippen molar-refractivity contribution in [2.24, 2.45) is 0 Å². The van der Waals surface area contributed by atoms with Crippen LogP contribution in [0.4, 0.5) is 5.69 Å². The van der Waals surface area contributed by atoms with Crippen LogP contribution in [0.5, 0.6) is 5.75 Å². The summed E-state index contributed by atoms with van der Waals surface area (Å²) in [5.74, 6) is -1.04. The van der Waals surface area contributed by atoms with Gasteiger partial charge in [0.05, 0.1) is 18.8 Å². The smallest absolute Gasteiger partial charge is 0.327 e. The van der Waals surface area contributed by atoms with E-state index in [1.807, 2.05) is 12.1 Å². The lowest BCUT2D eigenvalue weighted by Gasteiger charge is -2.23. The fourth-order valence-electron chi connectivity index (χ4n) is 4.34. The van der Waals surface area contributed by atoms with Crippen molar-refractivity contribution in [2.45, 2.75) is 83.1 Å². The fraction of sp³-hybridized carbons (Fsp3) is 0.625. The molecule has 1 aromatic carbocycles. The number of nitrogens with one attached hydrogen (secondary N) is 1. The number of hydrogen-bond acceptors (Lipinski definition) is 4. The van der Waals surface area contributed by atoms with Crippen LogP contribution in [0.25, 0.3) is 0 Å². The monoisotopic (exact) mass is 430 g/mol. The second kappa shape index (κ2) is 11.7. The van der Waals surface area contributed by atoms with Gasteiger partial charge in [-0.1, -0.05) is 57.4 Å². The van der Waals surface area contributed by atoms with E-state index in [1.54, 1.807) is 6.07 Å². The van der Waals surface area contributed by atoms with Gasteiger partial charge < -0.3 is 15.2 Å². The molecule has 7 nitrogen and oxygen atoms in total. The summed E-state index contributed by atoms with van der Waals surface area (Å²) >= 11 is 0. The van der Waals surface area contributed by atoms with Crippen molar-refractivity contribution in [3.05, 3.63) is 23.8 Å². The average molecular weight is 431 g/mol. The maximum atomic E-state index is 12.6. The van der Waals surface area contributed by atoms with Gasteiger partial charge in [0.25, 0.3) is 0 Å². The number of ether oxygens (including phenoxy) is 1. The third kappa shape index (κ3) is 6.71. The highest BCUT2D eigenvalue weighted by atomic mass is 16.5. The van der Waals surface area contributed by atoms with Gasteiger partial charge in [-0.3, -0.25) is 14.5 Å². The van der Waals surface area contributed by atoms with Crippen molar-refractivity contribution in [3.8, 4) is 5.75 Å². The van der Waals surface area contributed by atoms with E-state index >= 15 is 0 Å². The van der Waals surface area contributed by atoms with Crippen molar-refractivity contribution >= 4 is 23.5 Å². The Balaban J connectivity index is 0.000000391. The lowest BCUT2D eigenvalue weighted by atomic mass is 10.0. The van der Waals surface area contributed by atoms with Crippen LogP contribution in [-0.2, 0) is 20.8 Å². The molecule has 31 heavy (non-hydrogen) atoms. The van der Waals surface area contributed by atoms with Gasteiger partial charge in [0.1, 0.15) is 11.8 Å². The summed E-state index contributed by atoms with van der Waals surface area (Å²) in [6.45, 7) is 0.356. The van der Waals surface area contributed by atoms with E-state index in [4.69, 9.17) is 4.74 Å². The molecule has 1 aliphatic carbocycles. The van der Waals surface area contributed by atoms with Crippen LogP contribution in [-0.4, -0.2) is 42.1 Å². The van der Waals surface area contributed by atoms with Gasteiger partial charge in [-0.2, -0.15) is 0 Å². The lowest BCUT2D eigenvalue weighted by Crippen LogP contribution is -2.47. The Morgan fingerprint density at radius 1 is 0.968 bits per heavy atom. The van der Waals surface area contributed by atoms with Crippen molar-refractivity contribution in [1.82, 2.24) is 5.32 Å². The minimum Gasteiger partial charge on any atom is -0.494 e. The van der Waals surface area contributed by atoms with E-state index < -0.39 is 17.9 Å². The zero-order valence-electron chi connectivity index (χ0n) is 18.2. The molecule has 4 rings (SSSR count). The van der Waals surface area contributed by atoms with Gasteiger partial charge in [-0.25, -0.2) is 4.79 Å². The van der Waals surface area contributed by atoms with Gasteiger partial charge in [0.2, 0.25) is 11.8 Å². The van der Waals surface area contributed by atoms with E-state index in [2.05, 4.69) is 5.32 Å². The van der Waals surface area contributed by atoms with Gasteiger partial charge in [-0.05, 0) is 24.5 Å². The Kier molecular flexibility index (Phi) is 8.74. The molecular formula is C24H34N2O5. The molecule has 7 heteroatoms. The van der Waals surface area contributed by atoms with E-state index in [0.29, 0.717) is 24.5 Å². The summed E-state index contributed by atoms with van der Waals surface area (Å²) < 4.78 is 5.74. The second-order valence-electron chi connectivity index (χ2n) is 8.52. The highest BCUT2D eigenvalue weighted by Crippen LogP contribution is 2.35. The molecule has 1 fully saturated rings. The normalized spacial score (nSPS) is 22.2. The topological polar surface area (TPSA) is 95.9 Å². The van der Waals surface area contributed by atoms with Crippen LogP contribution in [0.3, 0.4) is 0 Å². The van der Waals surface area contributed by atoms with Gasteiger partial charge in [0.15, 0.2) is 0 Å². The molecule has 1 saturated carbocycles. The van der Waals surface area contributed by atoms with Crippen molar-refractivity contribution in [3.63, 3.8) is 0 Å². The molecule has 2 N–H and O–H groups in total. The first-order valence-corrected chi connectivity index (χ1v) is 11.6. The molecule has 2 bridgehead atoms. The molecule has 3 aliphatic rings. The van der Waals surface area contributed by atoms with Crippen LogP contribution in [0.2, 0.25) is 0 Å². The number of carboxylic acids is 1. The summed E-state index contributed by atoms with van der Waals surface area (Å²) in [7, 11) is 0. The van der Waals surface area contributed by atoms with Gasteiger partial charge in [0, 0.05) is 18.9 Å². The number of rotatable bonds is 1. The Hall–Kier alpha value is -2.57. The molecule has 1 aromatic rings. The third-order valence-electron chi connectivity index (χ3n) is 6.10. The number of hydrogen-bond donors (Lipinski definition) is 2. The Labute approximate surface area is 184 Å². The number of benzene rings is 1. The van der Waals surface area contributed by atoms with Crippen molar-refractivity contribution in [2.75, 3.05) is 18.1 Å². The van der Waals surface area contributed by atoms with E-state index in [9.17, 15) is 19.5 Å². The van der Waals surface area contributed by atoms with Crippen molar-refractivity contribution in [1.29, 1.82) is 0 Å². The largest absolute Gasteiger partial charge is 0.494 e. The minimum atomic E-state index is -1.06. The number of carboxylic acid groups (broad SMARTS) is 1. The van der Waals surface area contributed by atoms with E-state index in [0.717, 1.165) is 31.2 Å². The van der Waals surface area contributed by atoms with Crippen LogP contribution >= 0.6 is 0 Å². The molecule has 0 radical (unpaired) electrons. The molecule has 1 atom stereocenters. The molecule has 2 heterocycles. The number of aliphatic carboxylic acids is 1. The molecular weight excluding hydrogens is 396 g/mol. The predicted octanol–water partition coefficient (Wildman–Crippen LogP) is 3.83. The first-order chi connectivity index (χ1) is 15.1. The van der Waals surface area contributed by atoms with Crippen LogP contribution in [0.1, 0.15) is 76.2 Å². The highest BCUT2D eigenvalue weighted by Gasteiger charge is 2.38. The molecule has 0 spiro atoms. The van der Waals surface area contributed by atoms with Gasteiger partial charge >= 0.3 is 5.97 Å². The van der Waals surface area contributed by atoms with Crippen LogP contribution < -0.4 is 15.0 Å². The molecule has 1 unspecified atom stereocenters. The molecule has 0 aromatic heterocycles. The molecule has 2 amide bonds. The SMILES string of the molecule is C1CCCCC1.O=C1CCCCCCOc2ccc3c(c2)N(C(=O)CN1)C(C(=O)O)C3. The zero-order chi connectivity index (χ0) is 22.1. The van der Waals surface area contributed by atoms with Crippen LogP contribution in [0.15, 0.2) is 18.2 Å². The second-order valence-corrected chi connectivity index (χ2v) is 8.52. The fourth-order valence-corrected chi connectivity index (χ4v) is 4.34. The summed E-state index contributed by atoms with van der Waals surface area (Å²) in [5, 5.41) is 12.1.